The van der Waals surface area contributed by atoms with Gasteiger partial charge >= 0.3 is 12.0 Å². The van der Waals surface area contributed by atoms with Crippen molar-refractivity contribution >= 4 is 57.5 Å². The molecule has 3 rings (SSSR count). The van der Waals surface area contributed by atoms with Gasteiger partial charge < -0.3 is 25.9 Å². The molecule has 0 aromatic rings. The third-order valence-electron chi connectivity index (χ3n) is 6.63. The van der Waals surface area contributed by atoms with Crippen LogP contribution in [0.25, 0.3) is 0 Å². The van der Waals surface area contributed by atoms with Crippen LogP contribution in [0.4, 0.5) is 4.79 Å². The van der Waals surface area contributed by atoms with Crippen molar-refractivity contribution in [2.75, 3.05) is 30.4 Å². The Bertz CT molecular complexity index is 767. The fraction of sp³-hybridized carbons (Fsp3) is 0.818. The minimum atomic E-state index is -0.527. The van der Waals surface area contributed by atoms with Crippen LogP contribution in [-0.2, 0) is 14.3 Å². The van der Waals surface area contributed by atoms with E-state index in [4.69, 9.17) is 4.74 Å². The fourth-order valence-electron chi connectivity index (χ4n) is 4.30. The number of ether oxygens (including phenoxy) is 1. The number of fused-ring (bicyclic) bond motifs is 1. The summed E-state index contributed by atoms with van der Waals surface area (Å²) in [6.07, 6.45) is 5.97. The molecule has 2 fully saturated rings. The molecule has 0 aromatic heterocycles. The number of carbonyl (C=O) groups excluding carboxylic acids is 3. The van der Waals surface area contributed by atoms with Gasteiger partial charge in [0.1, 0.15) is 6.61 Å². The van der Waals surface area contributed by atoms with Crippen LogP contribution in [0.2, 0.25) is 0 Å². The van der Waals surface area contributed by atoms with E-state index in [0.29, 0.717) is 36.8 Å². The molecule has 3 aliphatic rings. The van der Waals surface area contributed by atoms with Crippen LogP contribution in [0.5, 0.6) is 0 Å². The van der Waals surface area contributed by atoms with E-state index in [1.165, 1.54) is 0 Å². The molecule has 3 aliphatic heterocycles. The summed E-state index contributed by atoms with van der Waals surface area (Å²) in [6, 6.07) is 0.419. The lowest BCUT2D eigenvalue weighted by Crippen LogP contribution is -2.38. The van der Waals surface area contributed by atoms with Gasteiger partial charge in [-0.05, 0) is 12.8 Å². The number of hydrogen-bond donors (Lipinski definition) is 3. The number of urea groups is 1. The molecule has 0 radical (unpaired) electrons. The van der Waals surface area contributed by atoms with Gasteiger partial charge in [0, 0.05) is 55.7 Å². The summed E-state index contributed by atoms with van der Waals surface area (Å²) in [5, 5.41) is 21.1. The number of rotatable bonds is 14. The van der Waals surface area contributed by atoms with Gasteiger partial charge in [0.15, 0.2) is 11.8 Å². The SMILES string of the molecule is CC1(C)[C@H](COC(=O)CCSSCCNC(=O)CCCC[C@@H]2SC[C@@H]3NC(=O)N[C@@H]32)CC=[N+]1[O-]. The van der Waals surface area contributed by atoms with Gasteiger partial charge in [-0.15, -0.1) is 0 Å². The summed E-state index contributed by atoms with van der Waals surface area (Å²) >= 11 is 1.90. The van der Waals surface area contributed by atoms with Gasteiger partial charge in [-0.2, -0.15) is 11.8 Å². The van der Waals surface area contributed by atoms with Crippen LogP contribution in [0.1, 0.15) is 52.4 Å². The molecule has 9 nitrogen and oxygen atoms in total. The molecule has 0 saturated carbocycles. The zero-order valence-electron chi connectivity index (χ0n) is 19.9. The molecule has 2 saturated heterocycles. The van der Waals surface area contributed by atoms with Crippen molar-refractivity contribution in [2.24, 2.45) is 5.92 Å². The number of hydroxylamine groups is 1. The summed E-state index contributed by atoms with van der Waals surface area (Å²) in [4.78, 5) is 35.3. The number of thioether (sulfide) groups is 1. The van der Waals surface area contributed by atoms with Gasteiger partial charge in [-0.25, -0.2) is 9.53 Å². The second kappa shape index (κ2) is 13.2. The number of nitrogens with one attached hydrogen (secondary N) is 3. The summed E-state index contributed by atoms with van der Waals surface area (Å²) in [5.74, 6) is 2.27. The number of esters is 1. The maximum absolute atomic E-state index is 12.0. The number of amides is 3. The van der Waals surface area contributed by atoms with Gasteiger partial charge in [-0.1, -0.05) is 28.0 Å². The lowest BCUT2D eigenvalue weighted by atomic mass is 9.89. The standard InChI is InChI=1S/C22H36N4O5S3/c1-22(2)15(7-10-26(22)30)13-31-19(28)8-11-33-34-12-9-23-18(27)6-4-3-5-17-20-16(14-32-17)24-21(29)25-20/h10,15-17,20H,3-9,11-14H2,1-2H3,(H,23,27)(H2,24,25,29)/t15-,16-,17-,20-/m0/s1. The Morgan fingerprint density at radius 1 is 1.26 bits per heavy atom. The van der Waals surface area contributed by atoms with Gasteiger partial charge in [-0.3, -0.25) is 9.59 Å². The van der Waals surface area contributed by atoms with Gasteiger partial charge in [0.25, 0.3) is 0 Å². The molecule has 0 aliphatic carbocycles. The first-order valence-electron chi connectivity index (χ1n) is 11.9. The minimum Gasteiger partial charge on any atom is -0.624 e. The molecule has 12 heteroatoms. The number of carbonyl (C=O) groups is 3. The van der Waals surface area contributed by atoms with Crippen LogP contribution in [0.15, 0.2) is 0 Å². The van der Waals surface area contributed by atoms with E-state index in [9.17, 15) is 19.6 Å². The molecule has 0 bridgehead atoms. The van der Waals surface area contributed by atoms with E-state index in [-0.39, 0.29) is 42.5 Å². The fourth-order valence-corrected chi connectivity index (χ4v) is 7.72. The van der Waals surface area contributed by atoms with Crippen molar-refractivity contribution in [1.29, 1.82) is 0 Å². The molecule has 192 valence electrons. The number of hydrogen-bond acceptors (Lipinski definition) is 8. The molecule has 3 heterocycles. The first kappa shape index (κ1) is 27.3. The van der Waals surface area contributed by atoms with Crippen molar-refractivity contribution in [3.63, 3.8) is 0 Å². The third kappa shape index (κ3) is 7.87. The van der Waals surface area contributed by atoms with E-state index >= 15 is 0 Å². The van der Waals surface area contributed by atoms with E-state index in [2.05, 4.69) is 16.0 Å². The smallest absolute Gasteiger partial charge is 0.315 e. The summed E-state index contributed by atoms with van der Waals surface area (Å²) in [6.45, 7) is 4.62. The normalized spacial score (nSPS) is 27.0. The number of nitrogens with zero attached hydrogens (tertiary/aromatic N) is 1. The van der Waals surface area contributed by atoms with Gasteiger partial charge in [0.2, 0.25) is 5.91 Å². The van der Waals surface area contributed by atoms with E-state index < -0.39 is 5.54 Å². The Labute approximate surface area is 213 Å². The minimum absolute atomic E-state index is 0.0285. The zero-order chi connectivity index (χ0) is 24.6. The lowest BCUT2D eigenvalue weighted by Gasteiger charge is -2.25. The number of unbranched alkanes of at least 4 members (excludes halogenated alkanes) is 1. The molecule has 0 unspecified atom stereocenters. The molecule has 0 aromatic carbocycles. The Balaban J connectivity index is 1.11. The van der Waals surface area contributed by atoms with E-state index in [0.717, 1.165) is 35.5 Å². The van der Waals surface area contributed by atoms with E-state index in [1.54, 1.807) is 27.8 Å². The maximum Gasteiger partial charge on any atom is 0.315 e. The van der Waals surface area contributed by atoms with Crippen molar-refractivity contribution in [3.8, 4) is 0 Å². The first-order chi connectivity index (χ1) is 16.3. The summed E-state index contributed by atoms with van der Waals surface area (Å²) < 4.78 is 6.30. The second-order valence-electron chi connectivity index (χ2n) is 9.39. The molecule has 4 atom stereocenters. The van der Waals surface area contributed by atoms with Crippen LogP contribution < -0.4 is 16.0 Å². The molecule has 3 amide bonds. The second-order valence-corrected chi connectivity index (χ2v) is 13.4. The average molecular weight is 533 g/mol. The quantitative estimate of drug-likeness (QED) is 0.0779. The van der Waals surface area contributed by atoms with Crippen molar-refractivity contribution in [2.45, 2.75) is 75.2 Å². The lowest BCUT2D eigenvalue weighted by molar-refractivity contribution is -0.536. The monoisotopic (exact) mass is 532 g/mol. The zero-order valence-corrected chi connectivity index (χ0v) is 22.3. The molecule has 34 heavy (non-hydrogen) atoms. The maximum atomic E-state index is 12.0. The van der Waals surface area contributed by atoms with Crippen LogP contribution in [-0.4, -0.2) is 82.1 Å². The largest absolute Gasteiger partial charge is 0.624 e. The highest BCUT2D eigenvalue weighted by Gasteiger charge is 2.43. The Kier molecular flexibility index (Phi) is 10.6. The highest BCUT2D eigenvalue weighted by Crippen LogP contribution is 2.33. The van der Waals surface area contributed by atoms with Crippen molar-refractivity contribution in [1.82, 2.24) is 16.0 Å². The summed E-state index contributed by atoms with van der Waals surface area (Å²) in [5.41, 5.74) is -0.527. The highest BCUT2D eigenvalue weighted by atomic mass is 33.1. The first-order valence-corrected chi connectivity index (χ1v) is 15.5. The Morgan fingerprint density at radius 3 is 2.82 bits per heavy atom. The molecule has 0 spiro atoms. The predicted molar refractivity (Wildman–Crippen MR) is 139 cm³/mol. The molecular formula is C22H36N4O5S3. The van der Waals surface area contributed by atoms with Crippen molar-refractivity contribution in [3.05, 3.63) is 5.21 Å². The Morgan fingerprint density at radius 2 is 2.06 bits per heavy atom. The van der Waals surface area contributed by atoms with Gasteiger partial charge in [0.05, 0.1) is 24.4 Å². The topological polar surface area (TPSA) is 123 Å². The molecule has 3 N–H and O–H groups in total. The Hall–Kier alpha value is -1.27. The molecular weight excluding hydrogens is 496 g/mol. The average Bonchev–Trinajstić information content (AvgIpc) is 3.42. The summed E-state index contributed by atoms with van der Waals surface area (Å²) in [7, 11) is 3.23. The van der Waals surface area contributed by atoms with E-state index in [1.807, 2.05) is 25.6 Å². The van der Waals surface area contributed by atoms with Crippen LogP contribution >= 0.6 is 33.3 Å². The van der Waals surface area contributed by atoms with Crippen LogP contribution in [0, 0.1) is 11.1 Å². The third-order valence-corrected chi connectivity index (χ3v) is 10.5. The highest BCUT2D eigenvalue weighted by molar-refractivity contribution is 8.76. The predicted octanol–water partition coefficient (Wildman–Crippen LogP) is 2.52. The van der Waals surface area contributed by atoms with Crippen LogP contribution in [0.3, 0.4) is 0 Å². The van der Waals surface area contributed by atoms with Crippen molar-refractivity contribution < 1.29 is 23.9 Å².